The summed E-state index contributed by atoms with van der Waals surface area (Å²) in [5.41, 5.74) is 4.74. The van der Waals surface area contributed by atoms with Gasteiger partial charge in [-0.05, 0) is 28.7 Å². The number of benzene rings is 2. The fourth-order valence-corrected chi connectivity index (χ4v) is 3.90. The Morgan fingerprint density at radius 2 is 1.67 bits per heavy atom. The number of carbonyl (C=O) groups excluding carboxylic acids is 1. The molecule has 2 aliphatic rings. The van der Waals surface area contributed by atoms with Crippen molar-refractivity contribution in [1.82, 2.24) is 4.90 Å². The van der Waals surface area contributed by atoms with Crippen molar-refractivity contribution >= 4 is 12.1 Å². The van der Waals surface area contributed by atoms with Crippen LogP contribution in [0.4, 0.5) is 4.79 Å². The Balaban J connectivity index is 1.39. The second-order valence-corrected chi connectivity index (χ2v) is 6.87. The van der Waals surface area contributed by atoms with Crippen LogP contribution in [0.2, 0.25) is 0 Å². The molecule has 27 heavy (non-hydrogen) atoms. The maximum atomic E-state index is 12.4. The van der Waals surface area contributed by atoms with Crippen LogP contribution < -0.4 is 0 Å². The smallest absolute Gasteiger partial charge is 0.409 e. The molecule has 1 fully saturated rings. The molecule has 0 saturated carbocycles. The third kappa shape index (κ3) is 3.53. The monoisotopic (exact) mass is 367 g/mol. The Labute approximate surface area is 157 Å². The lowest BCUT2D eigenvalue weighted by Gasteiger charge is -2.19. The Kier molecular flexibility index (Phi) is 4.81. The zero-order valence-corrected chi connectivity index (χ0v) is 14.8. The predicted molar refractivity (Wildman–Crippen MR) is 98.6 cm³/mol. The molecule has 0 unspecified atom stereocenters. The van der Waals surface area contributed by atoms with E-state index in [1.54, 1.807) is 4.90 Å². The van der Waals surface area contributed by atoms with Crippen LogP contribution in [0, 0.1) is 0 Å². The molecule has 0 radical (unpaired) electrons. The standard InChI is InChI=1S/C21H21NO5/c23-20(24)13-26-14-9-10-22(11-14)21(25)27-12-19-17-7-3-1-5-15(17)16-6-2-4-8-18(16)19/h1-8,14,19H,9-13H2,(H,23,24)/t14-/m1/s1. The molecule has 2 aromatic rings. The summed E-state index contributed by atoms with van der Waals surface area (Å²) in [7, 11) is 0. The average Bonchev–Trinajstić information content (AvgIpc) is 3.28. The van der Waals surface area contributed by atoms with Crippen LogP contribution in [0.1, 0.15) is 23.5 Å². The molecule has 1 saturated heterocycles. The highest BCUT2D eigenvalue weighted by molar-refractivity contribution is 5.79. The number of rotatable bonds is 5. The largest absolute Gasteiger partial charge is 0.480 e. The molecule has 6 heteroatoms. The minimum absolute atomic E-state index is 0.0306. The first-order valence-electron chi connectivity index (χ1n) is 9.07. The number of likely N-dealkylation sites (tertiary alicyclic amines) is 1. The molecule has 1 atom stereocenters. The number of nitrogens with zero attached hydrogens (tertiary/aromatic N) is 1. The highest BCUT2D eigenvalue weighted by atomic mass is 16.6. The van der Waals surface area contributed by atoms with Gasteiger partial charge in [-0.25, -0.2) is 9.59 Å². The first kappa shape index (κ1) is 17.5. The van der Waals surface area contributed by atoms with Crippen molar-refractivity contribution in [2.75, 3.05) is 26.3 Å². The number of carboxylic acids is 1. The summed E-state index contributed by atoms with van der Waals surface area (Å²) in [5, 5.41) is 8.68. The molecule has 4 rings (SSSR count). The highest BCUT2D eigenvalue weighted by Crippen LogP contribution is 2.44. The number of amides is 1. The molecular formula is C21H21NO5. The van der Waals surface area contributed by atoms with Gasteiger partial charge in [-0.3, -0.25) is 0 Å². The zero-order valence-electron chi connectivity index (χ0n) is 14.8. The zero-order chi connectivity index (χ0) is 18.8. The van der Waals surface area contributed by atoms with Gasteiger partial charge in [-0.2, -0.15) is 0 Å². The fourth-order valence-electron chi connectivity index (χ4n) is 3.90. The van der Waals surface area contributed by atoms with Crippen molar-refractivity contribution in [3.63, 3.8) is 0 Å². The molecular weight excluding hydrogens is 346 g/mol. The van der Waals surface area contributed by atoms with Gasteiger partial charge in [0.15, 0.2) is 0 Å². The van der Waals surface area contributed by atoms with Gasteiger partial charge < -0.3 is 19.5 Å². The molecule has 1 aliphatic heterocycles. The SMILES string of the molecule is O=C(O)CO[C@@H]1CCN(C(=O)OCC2c3ccccc3-c3ccccc32)C1. The van der Waals surface area contributed by atoms with Crippen molar-refractivity contribution in [2.24, 2.45) is 0 Å². The van der Waals surface area contributed by atoms with E-state index in [2.05, 4.69) is 24.3 Å². The summed E-state index contributed by atoms with van der Waals surface area (Å²) in [6.07, 6.45) is -0.00263. The number of aliphatic carboxylic acids is 1. The summed E-state index contributed by atoms with van der Waals surface area (Å²) in [6, 6.07) is 16.4. The van der Waals surface area contributed by atoms with Crippen molar-refractivity contribution in [2.45, 2.75) is 18.4 Å². The van der Waals surface area contributed by atoms with E-state index in [4.69, 9.17) is 14.6 Å². The third-order valence-electron chi connectivity index (χ3n) is 5.18. The second-order valence-electron chi connectivity index (χ2n) is 6.87. The summed E-state index contributed by atoms with van der Waals surface area (Å²) >= 11 is 0. The van der Waals surface area contributed by atoms with E-state index in [1.165, 1.54) is 22.3 Å². The Bertz CT molecular complexity index is 820. The van der Waals surface area contributed by atoms with Crippen LogP contribution in [-0.4, -0.2) is 54.5 Å². The van der Waals surface area contributed by atoms with Gasteiger partial charge in [0.05, 0.1) is 12.6 Å². The predicted octanol–water partition coefficient (Wildman–Crippen LogP) is 3.11. The number of hydrogen-bond acceptors (Lipinski definition) is 4. The molecule has 1 N–H and O–H groups in total. The number of ether oxygens (including phenoxy) is 2. The van der Waals surface area contributed by atoms with Gasteiger partial charge in [0.25, 0.3) is 0 Å². The Morgan fingerprint density at radius 1 is 1.04 bits per heavy atom. The highest BCUT2D eigenvalue weighted by Gasteiger charge is 2.32. The van der Waals surface area contributed by atoms with Crippen LogP contribution in [0.3, 0.4) is 0 Å². The molecule has 1 heterocycles. The van der Waals surface area contributed by atoms with Gasteiger partial charge >= 0.3 is 12.1 Å². The number of carbonyl (C=O) groups is 2. The van der Waals surface area contributed by atoms with E-state index >= 15 is 0 Å². The summed E-state index contributed by atoms with van der Waals surface area (Å²) < 4.78 is 10.9. The van der Waals surface area contributed by atoms with E-state index in [0.29, 0.717) is 19.5 Å². The van der Waals surface area contributed by atoms with E-state index < -0.39 is 5.97 Å². The van der Waals surface area contributed by atoms with E-state index in [0.717, 1.165) is 0 Å². The first-order valence-corrected chi connectivity index (χ1v) is 9.07. The molecule has 1 amide bonds. The van der Waals surface area contributed by atoms with Crippen LogP contribution in [0.15, 0.2) is 48.5 Å². The number of carboxylic acid groups (broad SMARTS) is 1. The lowest BCUT2D eigenvalue weighted by Crippen LogP contribution is -2.32. The fraction of sp³-hybridized carbons (Fsp3) is 0.333. The van der Waals surface area contributed by atoms with Gasteiger partial charge in [0, 0.05) is 12.5 Å². The molecule has 0 aromatic heterocycles. The van der Waals surface area contributed by atoms with Crippen LogP contribution in [0.5, 0.6) is 0 Å². The first-order chi connectivity index (χ1) is 13.1. The number of hydrogen-bond donors (Lipinski definition) is 1. The molecule has 1 aliphatic carbocycles. The Morgan fingerprint density at radius 3 is 2.30 bits per heavy atom. The summed E-state index contributed by atoms with van der Waals surface area (Å²) in [6.45, 7) is 0.818. The second kappa shape index (κ2) is 7.40. The Hall–Kier alpha value is -2.86. The normalized spacial score (nSPS) is 18.2. The topological polar surface area (TPSA) is 76.1 Å². The summed E-state index contributed by atoms with van der Waals surface area (Å²) in [4.78, 5) is 24.6. The van der Waals surface area contributed by atoms with Gasteiger partial charge in [0.1, 0.15) is 13.2 Å². The van der Waals surface area contributed by atoms with E-state index in [9.17, 15) is 9.59 Å². The quantitative estimate of drug-likeness (QED) is 0.879. The van der Waals surface area contributed by atoms with Crippen molar-refractivity contribution in [3.05, 3.63) is 59.7 Å². The average molecular weight is 367 g/mol. The van der Waals surface area contributed by atoms with E-state index in [1.807, 2.05) is 24.3 Å². The van der Waals surface area contributed by atoms with Crippen LogP contribution >= 0.6 is 0 Å². The molecule has 0 bridgehead atoms. The van der Waals surface area contributed by atoms with Gasteiger partial charge in [-0.1, -0.05) is 48.5 Å². The lowest BCUT2D eigenvalue weighted by atomic mass is 9.98. The molecule has 140 valence electrons. The van der Waals surface area contributed by atoms with Crippen molar-refractivity contribution in [1.29, 1.82) is 0 Å². The maximum Gasteiger partial charge on any atom is 0.409 e. The maximum absolute atomic E-state index is 12.4. The van der Waals surface area contributed by atoms with E-state index in [-0.39, 0.29) is 31.3 Å². The van der Waals surface area contributed by atoms with Gasteiger partial charge in [-0.15, -0.1) is 0 Å². The third-order valence-corrected chi connectivity index (χ3v) is 5.18. The molecule has 6 nitrogen and oxygen atoms in total. The molecule has 0 spiro atoms. The lowest BCUT2D eigenvalue weighted by molar-refractivity contribution is -0.144. The minimum Gasteiger partial charge on any atom is -0.480 e. The minimum atomic E-state index is -1.01. The molecule has 2 aromatic carbocycles. The van der Waals surface area contributed by atoms with Crippen molar-refractivity contribution < 1.29 is 24.2 Å². The van der Waals surface area contributed by atoms with Crippen LogP contribution in [0.25, 0.3) is 11.1 Å². The van der Waals surface area contributed by atoms with Crippen LogP contribution in [-0.2, 0) is 14.3 Å². The van der Waals surface area contributed by atoms with Gasteiger partial charge in [0.2, 0.25) is 0 Å². The number of fused-ring (bicyclic) bond motifs is 3. The summed E-state index contributed by atoms with van der Waals surface area (Å²) in [5.74, 6) is -0.974. The van der Waals surface area contributed by atoms with Crippen molar-refractivity contribution in [3.8, 4) is 11.1 Å².